The van der Waals surface area contributed by atoms with Crippen LogP contribution < -0.4 is 19.2 Å². The molecule has 1 fully saturated rings. The number of nitrogens with one attached hydrogen (secondary N) is 1. The number of aliphatic hydroxyl groups excluding tert-OH is 1. The summed E-state index contributed by atoms with van der Waals surface area (Å²) < 4.78 is 30.8. The molecule has 3 aromatic carbocycles. The first kappa shape index (κ1) is 50.8. The Morgan fingerprint density at radius 2 is 1.53 bits per heavy atom. The Hall–Kier alpha value is -3.87. The summed E-state index contributed by atoms with van der Waals surface area (Å²) in [6, 6.07) is 17.8. The van der Waals surface area contributed by atoms with Crippen LogP contribution in [0.15, 0.2) is 54.6 Å². The quantitative estimate of drug-likeness (QED) is 0.0785. The van der Waals surface area contributed by atoms with Gasteiger partial charge in [0.2, 0.25) is 0 Å². The van der Waals surface area contributed by atoms with Crippen molar-refractivity contribution in [3.05, 3.63) is 88.3 Å². The number of alkyl carbamates (subject to hydrolysis) is 1. The average molecular weight is 888 g/mol. The van der Waals surface area contributed by atoms with E-state index in [1.54, 1.807) is 14.2 Å². The Balaban J connectivity index is 0.000000843. The van der Waals surface area contributed by atoms with Crippen LogP contribution in [0.5, 0.6) is 17.2 Å². The van der Waals surface area contributed by atoms with Crippen LogP contribution in [0.4, 0.5) is 4.79 Å². The maximum atomic E-state index is 13.9. The van der Waals surface area contributed by atoms with Gasteiger partial charge in [-0.2, -0.15) is 0 Å². The zero-order valence-corrected chi connectivity index (χ0v) is 42.3. The molecule has 2 N–H and O–H groups in total. The molecule has 3 aromatic rings. The van der Waals surface area contributed by atoms with Crippen LogP contribution in [0.3, 0.4) is 0 Å². The third kappa shape index (κ3) is 12.2. The number of unbranched alkanes of at least 4 members (excludes halogenated alkanes) is 1. The summed E-state index contributed by atoms with van der Waals surface area (Å²) in [7, 11) is 0.115. The molecule has 3 atom stereocenters. The van der Waals surface area contributed by atoms with E-state index in [4.69, 9.17) is 29.9 Å². The molecule has 0 bridgehead atoms. The summed E-state index contributed by atoms with van der Waals surface area (Å²) in [6.07, 6.45) is 1.23. The molecule has 1 heterocycles. The number of carbonyl (C=O) groups excluding carboxylic acids is 1. The number of morpholine rings is 1. The predicted octanol–water partition coefficient (Wildman–Crippen LogP) is 11.5. The number of benzene rings is 3. The van der Waals surface area contributed by atoms with Gasteiger partial charge in [0.05, 0.1) is 35.0 Å². The fraction of sp³-hybridized carbons (Fsp3) is 0.600. The number of amides is 1. The first-order valence-corrected chi connectivity index (χ1v) is 28.7. The molecule has 12 heteroatoms. The number of hydrogen-bond donors (Lipinski definition) is 2. The summed E-state index contributed by atoms with van der Waals surface area (Å²) in [5.41, 5.74) is 8.01. The minimum absolute atomic E-state index is 0.0561. The van der Waals surface area contributed by atoms with Crippen molar-refractivity contribution < 1.29 is 33.3 Å². The normalized spacial score (nSPS) is 16.7. The van der Waals surface area contributed by atoms with Crippen LogP contribution in [0.2, 0.25) is 42.3 Å². The van der Waals surface area contributed by atoms with Crippen LogP contribution in [0.1, 0.15) is 95.9 Å². The zero-order chi connectivity index (χ0) is 46.0. The highest BCUT2D eigenvalue weighted by Crippen LogP contribution is 2.46. The van der Waals surface area contributed by atoms with Crippen molar-refractivity contribution in [3.63, 3.8) is 0 Å². The summed E-state index contributed by atoms with van der Waals surface area (Å²) >= 11 is 0. The second-order valence-corrected chi connectivity index (χ2v) is 30.4. The van der Waals surface area contributed by atoms with Gasteiger partial charge in [0.1, 0.15) is 24.1 Å². The first-order chi connectivity index (χ1) is 29.2. The number of nitrogens with zero attached hydrogens (tertiary/aromatic N) is 2. The van der Waals surface area contributed by atoms with Crippen molar-refractivity contribution in [1.29, 1.82) is 0 Å². The molecule has 1 amide bonds. The Bertz CT molecular complexity index is 1920. The predicted molar refractivity (Wildman–Crippen MR) is 258 cm³/mol. The molecule has 342 valence electrons. The molecule has 62 heavy (non-hydrogen) atoms. The van der Waals surface area contributed by atoms with E-state index in [0.29, 0.717) is 43.4 Å². The molecule has 10 nitrogen and oxygen atoms in total. The number of fused-ring (bicyclic) bond motifs is 3. The van der Waals surface area contributed by atoms with Crippen molar-refractivity contribution in [3.8, 4) is 28.4 Å². The van der Waals surface area contributed by atoms with Crippen LogP contribution in [-0.2, 0) is 15.9 Å². The fourth-order valence-electron chi connectivity index (χ4n) is 8.00. The third-order valence-electron chi connectivity index (χ3n) is 14.1. The topological polar surface area (TPSA) is 103 Å². The molecule has 1 saturated heterocycles. The van der Waals surface area contributed by atoms with Gasteiger partial charge in [-0.15, -0.1) is 0 Å². The van der Waals surface area contributed by atoms with Crippen LogP contribution >= 0.6 is 0 Å². The molecule has 1 aliphatic carbocycles. The molecule has 1 aliphatic heterocycles. The average Bonchev–Trinajstić information content (AvgIpc) is 3.53. The Morgan fingerprint density at radius 1 is 0.952 bits per heavy atom. The van der Waals surface area contributed by atoms with E-state index in [9.17, 15) is 9.90 Å². The lowest BCUT2D eigenvalue weighted by Gasteiger charge is -2.37. The largest absolute Gasteiger partial charge is 0.541 e. The van der Waals surface area contributed by atoms with Gasteiger partial charge in [0, 0.05) is 43.2 Å². The molecule has 0 aromatic heterocycles. The number of ether oxygens (including phenoxy) is 4. The van der Waals surface area contributed by atoms with E-state index in [1.807, 2.05) is 37.3 Å². The van der Waals surface area contributed by atoms with Crippen molar-refractivity contribution in [2.24, 2.45) is 0 Å². The SMILES string of the molecule is CC(C)[Si](C)(C)C(C)C.[C-]#[N+][C@H]([C@H](Cc1cc(O[Si](C)(C)C(C)(C)C)c(OC)c(C)c1OC)NC(=O)OCC1c2ccccc2-c2ccccc21)N1CCO[C@@H](CCCCO)C1. The van der Waals surface area contributed by atoms with Gasteiger partial charge in [-0.05, 0) is 72.6 Å². The second kappa shape index (κ2) is 22.2. The van der Waals surface area contributed by atoms with Gasteiger partial charge in [-0.1, -0.05) is 121 Å². The molecule has 0 spiro atoms. The van der Waals surface area contributed by atoms with Gasteiger partial charge in [0.15, 0.2) is 5.75 Å². The zero-order valence-electron chi connectivity index (χ0n) is 40.3. The molecule has 0 radical (unpaired) electrons. The molecule has 0 unspecified atom stereocenters. The summed E-state index contributed by atoms with van der Waals surface area (Å²) in [4.78, 5) is 20.1. The number of hydrogen-bond acceptors (Lipinski definition) is 8. The minimum atomic E-state index is -2.28. The summed E-state index contributed by atoms with van der Waals surface area (Å²) in [5, 5.41) is 12.4. The standard InChI is InChI=1S/C42H57N3O7Si.C8H20Si/c1-28-38(48-6)29(25-37(39(28)49-7)52-53(8,9)42(2,3)4)24-36(40(43-5)45-21-23-50-30(26-45)16-14-15-22-46)44-41(47)51-27-35-33-19-12-10-17-31(33)32-18-11-13-20-34(32)35;1-7(2)9(5,6)8(3)4/h10-13,17-20,25,30,35-36,40,46H,14-16,21-24,26-27H2,1-4,6-9H3,(H,44,47);7-8H,1-6H3/t30-,36-,40-;/m0./s1. The van der Waals surface area contributed by atoms with E-state index >= 15 is 0 Å². The number of carbonyl (C=O) groups is 1. The van der Waals surface area contributed by atoms with Gasteiger partial charge in [-0.25, -0.2) is 16.3 Å². The lowest BCUT2D eigenvalue weighted by Crippen LogP contribution is -2.56. The van der Waals surface area contributed by atoms with Crippen LogP contribution in [0.25, 0.3) is 16.0 Å². The monoisotopic (exact) mass is 888 g/mol. The smallest absolute Gasteiger partial charge is 0.407 e. The van der Waals surface area contributed by atoms with Gasteiger partial charge in [-0.3, -0.25) is 4.85 Å². The molecular weight excluding hydrogens is 811 g/mol. The number of aliphatic hydroxyl groups is 1. The lowest BCUT2D eigenvalue weighted by atomic mass is 9.98. The molecule has 2 aliphatic rings. The van der Waals surface area contributed by atoms with Crippen LogP contribution in [0, 0.1) is 13.5 Å². The highest BCUT2D eigenvalue weighted by Gasteiger charge is 2.42. The third-order valence-corrected chi connectivity index (χ3v) is 24.4. The molecule has 5 rings (SSSR count). The van der Waals surface area contributed by atoms with Gasteiger partial charge in [0.25, 0.3) is 14.5 Å². The summed E-state index contributed by atoms with van der Waals surface area (Å²) in [5.74, 6) is 1.76. The minimum Gasteiger partial charge on any atom is -0.541 e. The highest BCUT2D eigenvalue weighted by molar-refractivity contribution is 6.79. The van der Waals surface area contributed by atoms with Crippen molar-refractivity contribution >= 4 is 22.5 Å². The van der Waals surface area contributed by atoms with Crippen molar-refractivity contribution in [1.82, 2.24) is 10.2 Å². The van der Waals surface area contributed by atoms with Gasteiger partial charge < -0.3 is 33.8 Å². The van der Waals surface area contributed by atoms with E-state index < -0.39 is 34.7 Å². The van der Waals surface area contributed by atoms with Crippen LogP contribution in [-0.4, -0.2) is 97.9 Å². The summed E-state index contributed by atoms with van der Waals surface area (Å²) in [6.45, 7) is 37.6. The van der Waals surface area contributed by atoms with E-state index in [-0.39, 0.29) is 36.7 Å². The highest BCUT2D eigenvalue weighted by atomic mass is 28.4. The van der Waals surface area contributed by atoms with Crippen molar-refractivity contribution in [2.45, 2.75) is 148 Å². The number of methoxy groups -OCH3 is 2. The molecular formula is C50H77N3O7Si2. The molecule has 0 saturated carbocycles. The Kier molecular flexibility index (Phi) is 18.1. The Labute approximate surface area is 376 Å². The maximum Gasteiger partial charge on any atom is 0.407 e. The Morgan fingerprint density at radius 3 is 2.03 bits per heavy atom. The van der Waals surface area contributed by atoms with E-state index in [2.05, 4.69) is 114 Å². The van der Waals surface area contributed by atoms with E-state index in [0.717, 1.165) is 57.3 Å². The van der Waals surface area contributed by atoms with Crippen molar-refractivity contribution in [2.75, 3.05) is 47.1 Å². The van der Waals surface area contributed by atoms with E-state index in [1.165, 1.54) is 0 Å². The second-order valence-electron chi connectivity index (χ2n) is 19.7. The maximum absolute atomic E-state index is 13.9. The lowest BCUT2D eigenvalue weighted by molar-refractivity contribution is -0.0459. The first-order valence-electron chi connectivity index (χ1n) is 22.6. The fourth-order valence-corrected chi connectivity index (χ4v) is 10.3. The van der Waals surface area contributed by atoms with Gasteiger partial charge >= 0.3 is 6.09 Å². The number of rotatable bonds is 17.